The Morgan fingerprint density at radius 1 is 1.33 bits per heavy atom. The normalized spacial score (nSPS) is 10.5. The van der Waals surface area contributed by atoms with E-state index in [0.29, 0.717) is 12.4 Å². The van der Waals surface area contributed by atoms with Crippen molar-refractivity contribution in [1.82, 2.24) is 26.1 Å². The van der Waals surface area contributed by atoms with E-state index in [1.54, 1.807) is 7.05 Å². The second-order valence-corrected chi connectivity index (χ2v) is 2.93. The van der Waals surface area contributed by atoms with Gasteiger partial charge in [0.2, 0.25) is 5.82 Å². The summed E-state index contributed by atoms with van der Waals surface area (Å²) < 4.78 is 0. The first-order chi connectivity index (χ1) is 7.40. The van der Waals surface area contributed by atoms with Crippen molar-refractivity contribution in [2.75, 3.05) is 7.05 Å². The van der Waals surface area contributed by atoms with Crippen molar-refractivity contribution in [3.63, 3.8) is 0 Å². The summed E-state index contributed by atoms with van der Waals surface area (Å²) in [6.07, 6.45) is 0. The summed E-state index contributed by atoms with van der Waals surface area (Å²) in [5.41, 5.74) is 4.63. The van der Waals surface area contributed by atoms with Crippen molar-refractivity contribution in [3.8, 4) is 11.4 Å². The fourth-order valence-electron chi connectivity index (χ4n) is 1.19. The number of aromatic nitrogens is 4. The van der Waals surface area contributed by atoms with E-state index in [0.717, 1.165) is 11.1 Å². The van der Waals surface area contributed by atoms with Gasteiger partial charge in [0.25, 0.3) is 0 Å². The number of nitrogens with zero attached hydrogens (tertiary/aromatic N) is 3. The Balaban J connectivity index is 2.11. The second kappa shape index (κ2) is 4.63. The van der Waals surface area contributed by atoms with Crippen LogP contribution < -0.4 is 5.48 Å². The van der Waals surface area contributed by atoms with Crippen LogP contribution in [0.5, 0.6) is 0 Å². The molecule has 0 saturated heterocycles. The molecule has 6 heteroatoms. The zero-order chi connectivity index (χ0) is 10.5. The second-order valence-electron chi connectivity index (χ2n) is 2.93. The molecule has 2 aromatic rings. The van der Waals surface area contributed by atoms with Crippen LogP contribution in [-0.4, -0.2) is 27.7 Å². The van der Waals surface area contributed by atoms with Crippen LogP contribution in [-0.2, 0) is 11.4 Å². The standard InChI is InChI=1S/C9H11N5O/c1-10-15-6-7-2-4-8(5-3-7)9-11-13-14-12-9/h2-5,10H,6H2,1H3,(H,11,12,13,14). The van der Waals surface area contributed by atoms with E-state index >= 15 is 0 Å². The van der Waals surface area contributed by atoms with Crippen LogP contribution in [0.1, 0.15) is 5.56 Å². The molecular weight excluding hydrogens is 194 g/mol. The first kappa shape index (κ1) is 9.75. The summed E-state index contributed by atoms with van der Waals surface area (Å²) in [5.74, 6) is 0.594. The molecule has 15 heavy (non-hydrogen) atoms. The molecule has 0 fully saturated rings. The fraction of sp³-hybridized carbons (Fsp3) is 0.222. The van der Waals surface area contributed by atoms with Gasteiger partial charge in [-0.25, -0.2) is 5.48 Å². The summed E-state index contributed by atoms with van der Waals surface area (Å²) >= 11 is 0. The maximum atomic E-state index is 5.05. The Labute approximate surface area is 86.6 Å². The van der Waals surface area contributed by atoms with Gasteiger partial charge in [0, 0.05) is 12.6 Å². The van der Waals surface area contributed by atoms with Crippen LogP contribution in [0.3, 0.4) is 0 Å². The zero-order valence-corrected chi connectivity index (χ0v) is 8.27. The molecule has 2 N–H and O–H groups in total. The third-order valence-corrected chi connectivity index (χ3v) is 1.94. The molecule has 0 atom stereocenters. The van der Waals surface area contributed by atoms with Gasteiger partial charge in [0.15, 0.2) is 0 Å². The number of hydrogen-bond donors (Lipinski definition) is 2. The molecule has 1 aromatic carbocycles. The number of H-pyrrole nitrogens is 1. The lowest BCUT2D eigenvalue weighted by atomic mass is 10.1. The van der Waals surface area contributed by atoms with Crippen LogP contribution in [0, 0.1) is 0 Å². The van der Waals surface area contributed by atoms with Crippen molar-refractivity contribution in [2.24, 2.45) is 0 Å². The van der Waals surface area contributed by atoms with Crippen molar-refractivity contribution < 1.29 is 4.84 Å². The van der Waals surface area contributed by atoms with Crippen LogP contribution in [0.2, 0.25) is 0 Å². The number of hydroxylamine groups is 1. The van der Waals surface area contributed by atoms with Gasteiger partial charge >= 0.3 is 0 Å². The van der Waals surface area contributed by atoms with Crippen molar-refractivity contribution in [2.45, 2.75) is 6.61 Å². The van der Waals surface area contributed by atoms with E-state index in [1.165, 1.54) is 0 Å². The van der Waals surface area contributed by atoms with Gasteiger partial charge < -0.3 is 0 Å². The quantitative estimate of drug-likeness (QED) is 0.711. The maximum absolute atomic E-state index is 5.05. The van der Waals surface area contributed by atoms with Gasteiger partial charge in [0.05, 0.1) is 6.61 Å². The minimum absolute atomic E-state index is 0.531. The van der Waals surface area contributed by atoms with Crippen LogP contribution >= 0.6 is 0 Å². The van der Waals surface area contributed by atoms with Gasteiger partial charge in [-0.2, -0.15) is 5.21 Å². The largest absolute Gasteiger partial charge is 0.297 e. The smallest absolute Gasteiger partial charge is 0.204 e. The molecule has 1 aromatic heterocycles. The van der Waals surface area contributed by atoms with E-state index in [-0.39, 0.29) is 0 Å². The summed E-state index contributed by atoms with van der Waals surface area (Å²) in [5, 5.41) is 13.7. The van der Waals surface area contributed by atoms with Crippen molar-refractivity contribution in [3.05, 3.63) is 29.8 Å². The Bertz CT molecular complexity index is 397. The van der Waals surface area contributed by atoms with E-state index in [9.17, 15) is 0 Å². The molecule has 0 bridgehead atoms. The van der Waals surface area contributed by atoms with Gasteiger partial charge in [-0.3, -0.25) is 4.84 Å². The number of nitrogens with one attached hydrogen (secondary N) is 2. The highest BCUT2D eigenvalue weighted by Crippen LogP contribution is 2.13. The summed E-state index contributed by atoms with van der Waals surface area (Å²) in [6.45, 7) is 0.531. The van der Waals surface area contributed by atoms with Crippen LogP contribution in [0.4, 0.5) is 0 Å². The van der Waals surface area contributed by atoms with Crippen LogP contribution in [0.25, 0.3) is 11.4 Å². The summed E-state index contributed by atoms with van der Waals surface area (Å²) in [4.78, 5) is 5.05. The minimum atomic E-state index is 0.531. The molecule has 1 heterocycles. The Hall–Kier alpha value is -1.79. The van der Waals surface area contributed by atoms with Gasteiger partial charge in [0.1, 0.15) is 0 Å². The lowest BCUT2D eigenvalue weighted by Gasteiger charge is -2.01. The van der Waals surface area contributed by atoms with E-state index in [2.05, 4.69) is 26.1 Å². The van der Waals surface area contributed by atoms with Crippen LogP contribution in [0.15, 0.2) is 24.3 Å². The molecule has 0 spiro atoms. The molecule has 0 aliphatic carbocycles. The third kappa shape index (κ3) is 2.36. The predicted molar refractivity (Wildman–Crippen MR) is 53.5 cm³/mol. The topological polar surface area (TPSA) is 75.7 Å². The maximum Gasteiger partial charge on any atom is 0.204 e. The number of hydrogen-bond acceptors (Lipinski definition) is 5. The van der Waals surface area contributed by atoms with E-state index < -0.39 is 0 Å². The molecule has 6 nitrogen and oxygen atoms in total. The number of benzene rings is 1. The monoisotopic (exact) mass is 205 g/mol. The highest BCUT2D eigenvalue weighted by atomic mass is 16.6. The summed E-state index contributed by atoms with van der Waals surface area (Å²) in [6, 6.07) is 7.78. The first-order valence-corrected chi connectivity index (χ1v) is 4.51. The Kier molecular flexibility index (Phi) is 3.01. The predicted octanol–water partition coefficient (Wildman–Crippen LogP) is 0.518. The third-order valence-electron chi connectivity index (χ3n) is 1.94. The van der Waals surface area contributed by atoms with Crippen molar-refractivity contribution in [1.29, 1.82) is 0 Å². The average molecular weight is 205 g/mol. The molecule has 2 rings (SSSR count). The highest BCUT2D eigenvalue weighted by molar-refractivity contribution is 5.53. The van der Waals surface area contributed by atoms with E-state index in [4.69, 9.17) is 4.84 Å². The van der Waals surface area contributed by atoms with Gasteiger partial charge in [-0.15, -0.1) is 10.2 Å². The molecule has 0 saturated carbocycles. The number of tetrazole rings is 1. The molecule has 0 radical (unpaired) electrons. The summed E-state index contributed by atoms with van der Waals surface area (Å²) in [7, 11) is 1.73. The molecule has 0 aliphatic rings. The lowest BCUT2D eigenvalue weighted by molar-refractivity contribution is 0.0444. The number of rotatable bonds is 4. The Morgan fingerprint density at radius 3 is 2.73 bits per heavy atom. The first-order valence-electron chi connectivity index (χ1n) is 4.51. The number of aromatic amines is 1. The Morgan fingerprint density at radius 2 is 2.13 bits per heavy atom. The van der Waals surface area contributed by atoms with Gasteiger partial charge in [-0.05, 0) is 10.8 Å². The fourth-order valence-corrected chi connectivity index (χ4v) is 1.19. The molecular formula is C9H11N5O. The molecule has 0 unspecified atom stereocenters. The highest BCUT2D eigenvalue weighted by Gasteiger charge is 2.01. The average Bonchev–Trinajstić information content (AvgIpc) is 2.80. The molecule has 78 valence electrons. The minimum Gasteiger partial charge on any atom is -0.297 e. The lowest BCUT2D eigenvalue weighted by Crippen LogP contribution is -2.06. The molecule has 0 amide bonds. The SMILES string of the molecule is CNOCc1ccc(-c2nn[nH]n2)cc1. The van der Waals surface area contributed by atoms with E-state index in [1.807, 2.05) is 24.3 Å². The zero-order valence-electron chi connectivity index (χ0n) is 8.27. The molecule has 0 aliphatic heterocycles. The van der Waals surface area contributed by atoms with Crippen molar-refractivity contribution >= 4 is 0 Å². The van der Waals surface area contributed by atoms with Gasteiger partial charge in [-0.1, -0.05) is 24.3 Å².